The molecule has 0 radical (unpaired) electrons. The summed E-state index contributed by atoms with van der Waals surface area (Å²) < 4.78 is 18.7. The number of thiophene rings is 1. The van der Waals surface area contributed by atoms with Gasteiger partial charge in [-0.1, -0.05) is 18.2 Å². The van der Waals surface area contributed by atoms with E-state index in [1.807, 2.05) is 41.8 Å². The number of carbonyl (C=O) groups is 1. The van der Waals surface area contributed by atoms with Crippen LogP contribution >= 0.6 is 11.3 Å². The van der Waals surface area contributed by atoms with Gasteiger partial charge in [0.15, 0.2) is 0 Å². The summed E-state index contributed by atoms with van der Waals surface area (Å²) in [5, 5.41) is 8.22. The molecule has 1 aliphatic heterocycles. The Labute approximate surface area is 179 Å². The first kappa shape index (κ1) is 20.5. The van der Waals surface area contributed by atoms with Crippen molar-refractivity contribution < 1.29 is 13.9 Å². The average molecular weight is 426 g/mol. The summed E-state index contributed by atoms with van der Waals surface area (Å²) in [5.74, 6) is -0.403. The fourth-order valence-corrected chi connectivity index (χ4v) is 4.30. The highest BCUT2D eigenvalue weighted by Crippen LogP contribution is 2.26. The molecular weight excluding hydrogens is 401 g/mol. The van der Waals surface area contributed by atoms with Gasteiger partial charge in [0.05, 0.1) is 25.8 Å². The van der Waals surface area contributed by atoms with E-state index in [0.29, 0.717) is 0 Å². The number of benzene rings is 2. The number of ether oxygens (including phenoxy) is 1. The van der Waals surface area contributed by atoms with Gasteiger partial charge in [-0.15, -0.1) is 11.3 Å². The summed E-state index contributed by atoms with van der Waals surface area (Å²) in [6.45, 7) is 3.38. The standard InChI is InChI=1S/C23H24FN3O2S/c24-18-5-3-17(4-6-18)23(21-2-1-15-30-21)25-16-22(28)26-19-7-9-20(10-8-19)27-11-13-29-14-12-27/h1-10,15,23,25H,11-14,16H2,(H,26,28)/t23-/m1/s1. The lowest BCUT2D eigenvalue weighted by Crippen LogP contribution is -2.36. The maximum Gasteiger partial charge on any atom is 0.238 e. The Morgan fingerprint density at radius 1 is 1.07 bits per heavy atom. The van der Waals surface area contributed by atoms with Crippen LogP contribution in [0.3, 0.4) is 0 Å². The summed E-state index contributed by atoms with van der Waals surface area (Å²) in [5.41, 5.74) is 2.80. The average Bonchev–Trinajstić information content (AvgIpc) is 3.31. The molecule has 1 saturated heterocycles. The van der Waals surface area contributed by atoms with E-state index in [9.17, 15) is 9.18 Å². The predicted molar refractivity (Wildman–Crippen MR) is 119 cm³/mol. The Bertz CT molecular complexity index is 940. The van der Waals surface area contributed by atoms with E-state index in [-0.39, 0.29) is 24.3 Å². The summed E-state index contributed by atoms with van der Waals surface area (Å²) in [4.78, 5) is 15.8. The molecule has 1 aliphatic rings. The van der Waals surface area contributed by atoms with Crippen molar-refractivity contribution in [3.05, 3.63) is 82.3 Å². The van der Waals surface area contributed by atoms with Crippen LogP contribution in [0.2, 0.25) is 0 Å². The number of halogens is 1. The lowest BCUT2D eigenvalue weighted by Gasteiger charge is -2.28. The molecule has 30 heavy (non-hydrogen) atoms. The van der Waals surface area contributed by atoms with E-state index in [0.717, 1.165) is 48.1 Å². The second kappa shape index (κ2) is 9.84. The van der Waals surface area contributed by atoms with E-state index in [1.54, 1.807) is 23.5 Å². The molecule has 5 nitrogen and oxygen atoms in total. The highest BCUT2D eigenvalue weighted by atomic mass is 32.1. The van der Waals surface area contributed by atoms with Gasteiger partial charge >= 0.3 is 0 Å². The third kappa shape index (κ3) is 5.24. The first-order chi connectivity index (χ1) is 14.7. The van der Waals surface area contributed by atoms with Crippen LogP contribution in [-0.2, 0) is 9.53 Å². The topological polar surface area (TPSA) is 53.6 Å². The third-order valence-electron chi connectivity index (χ3n) is 5.03. The third-order valence-corrected chi connectivity index (χ3v) is 5.96. The van der Waals surface area contributed by atoms with Crippen molar-refractivity contribution in [2.75, 3.05) is 43.1 Å². The Balaban J connectivity index is 1.36. The van der Waals surface area contributed by atoms with Crippen molar-refractivity contribution in [3.63, 3.8) is 0 Å². The zero-order valence-corrected chi connectivity index (χ0v) is 17.3. The largest absolute Gasteiger partial charge is 0.378 e. The molecule has 3 aromatic rings. The van der Waals surface area contributed by atoms with Crippen molar-refractivity contribution >= 4 is 28.6 Å². The van der Waals surface area contributed by atoms with E-state index in [2.05, 4.69) is 15.5 Å². The zero-order chi connectivity index (χ0) is 20.8. The van der Waals surface area contributed by atoms with Crippen LogP contribution in [-0.4, -0.2) is 38.8 Å². The maximum absolute atomic E-state index is 13.3. The fourth-order valence-electron chi connectivity index (χ4n) is 3.47. The Morgan fingerprint density at radius 2 is 1.80 bits per heavy atom. The minimum Gasteiger partial charge on any atom is -0.378 e. The number of hydrogen-bond donors (Lipinski definition) is 2. The minimum absolute atomic E-state index is 0.127. The lowest BCUT2D eigenvalue weighted by atomic mass is 10.1. The molecule has 0 aliphatic carbocycles. The number of nitrogens with one attached hydrogen (secondary N) is 2. The summed E-state index contributed by atoms with van der Waals surface area (Å²) in [6, 6.07) is 18.0. The van der Waals surface area contributed by atoms with Crippen molar-refractivity contribution in [2.45, 2.75) is 6.04 Å². The maximum atomic E-state index is 13.3. The molecule has 0 spiro atoms. The molecule has 1 aromatic heterocycles. The van der Waals surface area contributed by atoms with E-state index in [1.165, 1.54) is 12.1 Å². The molecule has 4 rings (SSSR count). The van der Waals surface area contributed by atoms with Crippen LogP contribution in [0, 0.1) is 5.82 Å². The van der Waals surface area contributed by atoms with Gasteiger partial charge in [0.1, 0.15) is 5.82 Å². The number of anilines is 2. The number of morpholine rings is 1. The number of hydrogen-bond acceptors (Lipinski definition) is 5. The van der Waals surface area contributed by atoms with Crippen LogP contribution in [0.25, 0.3) is 0 Å². The molecule has 1 atom stereocenters. The van der Waals surface area contributed by atoms with Crippen molar-refractivity contribution in [2.24, 2.45) is 0 Å². The van der Waals surface area contributed by atoms with Gasteiger partial charge < -0.3 is 15.0 Å². The molecule has 0 unspecified atom stereocenters. The van der Waals surface area contributed by atoms with Crippen molar-refractivity contribution in [1.82, 2.24) is 5.32 Å². The van der Waals surface area contributed by atoms with Gasteiger partial charge in [-0.2, -0.15) is 0 Å². The highest BCUT2D eigenvalue weighted by Gasteiger charge is 2.17. The summed E-state index contributed by atoms with van der Waals surface area (Å²) in [6.07, 6.45) is 0. The van der Waals surface area contributed by atoms with Gasteiger partial charge in [-0.05, 0) is 53.4 Å². The van der Waals surface area contributed by atoms with Gasteiger partial charge in [0, 0.05) is 29.3 Å². The molecule has 2 aromatic carbocycles. The normalized spacial score (nSPS) is 15.0. The Hall–Kier alpha value is -2.74. The first-order valence-electron chi connectivity index (χ1n) is 9.94. The van der Waals surface area contributed by atoms with E-state index < -0.39 is 0 Å². The van der Waals surface area contributed by atoms with Crippen molar-refractivity contribution in [1.29, 1.82) is 0 Å². The molecule has 1 fully saturated rings. The minimum atomic E-state index is -0.276. The molecule has 1 amide bonds. The molecule has 2 heterocycles. The quantitative estimate of drug-likeness (QED) is 0.600. The predicted octanol–water partition coefficient (Wildman–Crippen LogP) is 4.04. The van der Waals surface area contributed by atoms with Gasteiger partial charge in [-0.25, -0.2) is 4.39 Å². The number of rotatable bonds is 7. The molecule has 7 heteroatoms. The van der Waals surface area contributed by atoms with Crippen LogP contribution in [0.15, 0.2) is 66.0 Å². The smallest absolute Gasteiger partial charge is 0.238 e. The monoisotopic (exact) mass is 425 g/mol. The molecule has 156 valence electrons. The Morgan fingerprint density at radius 3 is 2.47 bits per heavy atom. The highest BCUT2D eigenvalue weighted by molar-refractivity contribution is 7.10. The molecule has 0 saturated carbocycles. The SMILES string of the molecule is O=C(CN[C@H](c1ccc(F)cc1)c1cccs1)Nc1ccc(N2CCOCC2)cc1. The van der Waals surface area contributed by atoms with E-state index in [4.69, 9.17) is 4.74 Å². The molecule has 2 N–H and O–H groups in total. The van der Waals surface area contributed by atoms with Gasteiger partial charge in [-0.3, -0.25) is 10.1 Å². The van der Waals surface area contributed by atoms with Crippen LogP contribution in [0.1, 0.15) is 16.5 Å². The Kier molecular flexibility index (Phi) is 6.74. The fraction of sp³-hybridized carbons (Fsp3) is 0.261. The van der Waals surface area contributed by atoms with E-state index >= 15 is 0 Å². The summed E-state index contributed by atoms with van der Waals surface area (Å²) in [7, 11) is 0. The van der Waals surface area contributed by atoms with Gasteiger partial charge in [0.25, 0.3) is 0 Å². The second-order valence-electron chi connectivity index (χ2n) is 7.08. The van der Waals surface area contributed by atoms with Crippen LogP contribution in [0.4, 0.5) is 15.8 Å². The number of amides is 1. The van der Waals surface area contributed by atoms with Crippen molar-refractivity contribution in [3.8, 4) is 0 Å². The zero-order valence-electron chi connectivity index (χ0n) is 16.5. The molecule has 0 bridgehead atoms. The number of carbonyl (C=O) groups excluding carboxylic acids is 1. The van der Waals surface area contributed by atoms with Crippen LogP contribution in [0.5, 0.6) is 0 Å². The lowest BCUT2D eigenvalue weighted by molar-refractivity contribution is -0.115. The van der Waals surface area contributed by atoms with Crippen LogP contribution < -0.4 is 15.5 Å². The molecular formula is C23H24FN3O2S. The number of nitrogens with zero attached hydrogens (tertiary/aromatic N) is 1. The second-order valence-corrected chi connectivity index (χ2v) is 8.05. The van der Waals surface area contributed by atoms with Gasteiger partial charge in [0.2, 0.25) is 5.91 Å². The first-order valence-corrected chi connectivity index (χ1v) is 10.8. The summed E-state index contributed by atoms with van der Waals surface area (Å²) >= 11 is 1.60.